The first-order chi connectivity index (χ1) is 11.4. The van der Waals surface area contributed by atoms with Crippen LogP contribution in [0.4, 0.5) is 9.59 Å². The fourth-order valence-electron chi connectivity index (χ4n) is 1.78. The van der Waals surface area contributed by atoms with Gasteiger partial charge in [0.1, 0.15) is 23.0 Å². The molecule has 0 saturated carbocycles. The maximum Gasteiger partial charge on any atom is 0.511 e. The molecule has 0 radical (unpaired) electrons. The van der Waals surface area contributed by atoms with Crippen LogP contribution in [0.5, 0.6) is 23.0 Å². The van der Waals surface area contributed by atoms with Gasteiger partial charge in [0, 0.05) is 6.92 Å². The SMILES string of the molecule is CC(Oc1ccc(OC(=O)O)cc1)Oc1ccc(OC(=O)O)cc1. The minimum Gasteiger partial charge on any atom is -0.455 e. The van der Waals surface area contributed by atoms with Gasteiger partial charge in [0.15, 0.2) is 0 Å². The van der Waals surface area contributed by atoms with Crippen molar-refractivity contribution in [2.24, 2.45) is 0 Å². The first kappa shape index (κ1) is 16.9. The Morgan fingerprint density at radius 2 is 1.00 bits per heavy atom. The number of rotatable bonds is 6. The second-order valence-corrected chi connectivity index (χ2v) is 4.48. The lowest BCUT2D eigenvalue weighted by Crippen LogP contribution is -2.19. The van der Waals surface area contributed by atoms with E-state index >= 15 is 0 Å². The van der Waals surface area contributed by atoms with Crippen molar-refractivity contribution in [3.05, 3.63) is 48.5 Å². The van der Waals surface area contributed by atoms with Crippen molar-refractivity contribution in [2.75, 3.05) is 0 Å². The van der Waals surface area contributed by atoms with Crippen molar-refractivity contribution in [2.45, 2.75) is 13.2 Å². The van der Waals surface area contributed by atoms with Gasteiger partial charge in [0.25, 0.3) is 0 Å². The van der Waals surface area contributed by atoms with Gasteiger partial charge in [-0.1, -0.05) is 0 Å². The molecule has 0 fully saturated rings. The molecule has 0 spiro atoms. The molecule has 0 aromatic heterocycles. The molecule has 0 aliphatic carbocycles. The fraction of sp³-hybridized carbons (Fsp3) is 0.125. The van der Waals surface area contributed by atoms with Gasteiger partial charge >= 0.3 is 12.3 Å². The minimum absolute atomic E-state index is 0.178. The van der Waals surface area contributed by atoms with Crippen LogP contribution < -0.4 is 18.9 Å². The van der Waals surface area contributed by atoms with E-state index in [1.54, 1.807) is 31.2 Å². The van der Waals surface area contributed by atoms with E-state index in [0.717, 1.165) is 0 Å². The molecule has 2 aromatic rings. The molecule has 0 bridgehead atoms. The Bertz CT molecular complexity index is 632. The van der Waals surface area contributed by atoms with Crippen molar-refractivity contribution >= 4 is 12.3 Å². The third-order valence-corrected chi connectivity index (χ3v) is 2.66. The Kier molecular flexibility index (Phi) is 5.45. The van der Waals surface area contributed by atoms with E-state index in [4.69, 9.17) is 19.7 Å². The lowest BCUT2D eigenvalue weighted by molar-refractivity contribution is 0.0222. The van der Waals surface area contributed by atoms with Crippen LogP contribution in [-0.2, 0) is 0 Å². The summed E-state index contributed by atoms with van der Waals surface area (Å²) < 4.78 is 20.0. The van der Waals surface area contributed by atoms with Crippen molar-refractivity contribution in [3.8, 4) is 23.0 Å². The molecule has 0 unspecified atom stereocenters. The first-order valence-electron chi connectivity index (χ1n) is 6.77. The summed E-state index contributed by atoms with van der Waals surface area (Å²) in [6, 6.07) is 12.0. The Morgan fingerprint density at radius 3 is 1.29 bits per heavy atom. The third-order valence-electron chi connectivity index (χ3n) is 2.66. The summed E-state index contributed by atoms with van der Waals surface area (Å²) in [6.07, 6.45) is -3.42. The molecular formula is C16H14O8. The van der Waals surface area contributed by atoms with Crippen molar-refractivity contribution in [1.29, 1.82) is 0 Å². The largest absolute Gasteiger partial charge is 0.511 e. The Balaban J connectivity index is 1.89. The van der Waals surface area contributed by atoms with Gasteiger partial charge in [-0.3, -0.25) is 0 Å². The number of carbonyl (C=O) groups is 2. The summed E-state index contributed by atoms with van der Waals surface area (Å²) in [5.41, 5.74) is 0. The van der Waals surface area contributed by atoms with E-state index in [1.165, 1.54) is 24.3 Å². The Labute approximate surface area is 136 Å². The smallest absolute Gasteiger partial charge is 0.455 e. The standard InChI is InChI=1S/C16H14O8/c1-10(21-11-2-6-13(7-3-11)23-15(17)18)22-12-4-8-14(9-5-12)24-16(19)20/h2-10H,1H3,(H,17,18)(H,19,20). The summed E-state index contributed by atoms with van der Waals surface area (Å²) in [5, 5.41) is 17.0. The van der Waals surface area contributed by atoms with Crippen LogP contribution in [0.2, 0.25) is 0 Å². The van der Waals surface area contributed by atoms with Gasteiger partial charge in [0.05, 0.1) is 0 Å². The van der Waals surface area contributed by atoms with Crippen LogP contribution in [0.15, 0.2) is 48.5 Å². The van der Waals surface area contributed by atoms with Crippen LogP contribution in [0.1, 0.15) is 6.92 Å². The number of ether oxygens (including phenoxy) is 4. The van der Waals surface area contributed by atoms with E-state index < -0.39 is 18.6 Å². The number of hydrogen-bond donors (Lipinski definition) is 2. The maximum atomic E-state index is 10.4. The third kappa shape index (κ3) is 5.41. The molecule has 0 heterocycles. The zero-order chi connectivity index (χ0) is 17.5. The molecule has 126 valence electrons. The zero-order valence-electron chi connectivity index (χ0n) is 12.5. The molecule has 0 atom stereocenters. The molecule has 24 heavy (non-hydrogen) atoms. The first-order valence-corrected chi connectivity index (χ1v) is 6.77. The van der Waals surface area contributed by atoms with Crippen LogP contribution in [-0.4, -0.2) is 28.8 Å². The number of carboxylic acid groups (broad SMARTS) is 2. The Hall–Kier alpha value is -3.42. The lowest BCUT2D eigenvalue weighted by Gasteiger charge is -2.16. The highest BCUT2D eigenvalue weighted by Crippen LogP contribution is 2.22. The van der Waals surface area contributed by atoms with Crippen molar-refractivity contribution in [3.63, 3.8) is 0 Å². The van der Waals surface area contributed by atoms with Gasteiger partial charge in [-0.15, -0.1) is 0 Å². The molecule has 2 rings (SSSR count). The quantitative estimate of drug-likeness (QED) is 0.468. The molecule has 2 N–H and O–H groups in total. The second-order valence-electron chi connectivity index (χ2n) is 4.48. The normalized spacial score (nSPS) is 10.1. The molecule has 8 nitrogen and oxygen atoms in total. The van der Waals surface area contributed by atoms with Gasteiger partial charge < -0.3 is 29.2 Å². The topological polar surface area (TPSA) is 112 Å². The molecule has 0 saturated heterocycles. The predicted molar refractivity (Wildman–Crippen MR) is 80.9 cm³/mol. The van der Waals surface area contributed by atoms with Gasteiger partial charge in [-0.25, -0.2) is 9.59 Å². The highest BCUT2D eigenvalue weighted by molar-refractivity contribution is 5.61. The summed E-state index contributed by atoms with van der Waals surface area (Å²) in [4.78, 5) is 20.8. The average molecular weight is 334 g/mol. The van der Waals surface area contributed by atoms with E-state index in [2.05, 4.69) is 9.47 Å². The number of hydrogen-bond acceptors (Lipinski definition) is 6. The number of benzene rings is 2. The highest BCUT2D eigenvalue weighted by Gasteiger charge is 2.08. The molecule has 0 aliphatic heterocycles. The molecular weight excluding hydrogens is 320 g/mol. The zero-order valence-corrected chi connectivity index (χ0v) is 12.5. The van der Waals surface area contributed by atoms with E-state index in [-0.39, 0.29) is 11.5 Å². The summed E-state index contributed by atoms with van der Waals surface area (Å²) in [7, 11) is 0. The van der Waals surface area contributed by atoms with Crippen LogP contribution in [0.3, 0.4) is 0 Å². The summed E-state index contributed by atoms with van der Waals surface area (Å²) in [6.45, 7) is 1.67. The molecule has 2 aromatic carbocycles. The Morgan fingerprint density at radius 1 is 0.708 bits per heavy atom. The molecule has 0 amide bonds. The summed E-state index contributed by atoms with van der Waals surface area (Å²) >= 11 is 0. The molecule has 8 heteroatoms. The van der Waals surface area contributed by atoms with E-state index in [9.17, 15) is 9.59 Å². The van der Waals surface area contributed by atoms with Crippen LogP contribution in [0, 0.1) is 0 Å². The average Bonchev–Trinajstić information content (AvgIpc) is 2.50. The van der Waals surface area contributed by atoms with E-state index in [0.29, 0.717) is 11.5 Å². The monoisotopic (exact) mass is 334 g/mol. The van der Waals surface area contributed by atoms with Gasteiger partial charge in [-0.2, -0.15) is 0 Å². The predicted octanol–water partition coefficient (Wildman–Crippen LogP) is 3.60. The van der Waals surface area contributed by atoms with Crippen LogP contribution >= 0.6 is 0 Å². The lowest BCUT2D eigenvalue weighted by atomic mass is 10.3. The maximum absolute atomic E-state index is 10.4. The summed E-state index contributed by atoms with van der Waals surface area (Å²) in [5.74, 6) is 1.28. The second kappa shape index (κ2) is 7.73. The van der Waals surface area contributed by atoms with Gasteiger partial charge in [0.2, 0.25) is 6.29 Å². The van der Waals surface area contributed by atoms with E-state index in [1.807, 2.05) is 0 Å². The molecule has 0 aliphatic rings. The van der Waals surface area contributed by atoms with Crippen molar-refractivity contribution in [1.82, 2.24) is 0 Å². The van der Waals surface area contributed by atoms with Crippen LogP contribution in [0.25, 0.3) is 0 Å². The van der Waals surface area contributed by atoms with Crippen molar-refractivity contribution < 1.29 is 38.7 Å². The van der Waals surface area contributed by atoms with Gasteiger partial charge in [-0.05, 0) is 48.5 Å². The highest BCUT2D eigenvalue weighted by atomic mass is 16.7. The minimum atomic E-state index is -1.39. The fourth-order valence-corrected chi connectivity index (χ4v) is 1.78.